The van der Waals surface area contributed by atoms with Crippen LogP contribution in [0.2, 0.25) is 0 Å². The number of pyridine rings is 1. The molecule has 3 aromatic heterocycles. The summed E-state index contributed by atoms with van der Waals surface area (Å²) in [5, 5.41) is 15.1. The van der Waals surface area contributed by atoms with Gasteiger partial charge in [0, 0.05) is 29.9 Å². The Kier molecular flexibility index (Phi) is 7.36. The molecule has 0 bridgehead atoms. The van der Waals surface area contributed by atoms with Crippen LogP contribution in [0.3, 0.4) is 0 Å². The molecule has 0 spiro atoms. The lowest BCUT2D eigenvalue weighted by Crippen LogP contribution is -2.27. The second-order valence-electron chi connectivity index (χ2n) is 7.57. The zero-order chi connectivity index (χ0) is 23.2. The summed E-state index contributed by atoms with van der Waals surface area (Å²) in [5.41, 5.74) is 2.18. The second-order valence-corrected chi connectivity index (χ2v) is 9.45. The number of ether oxygens (including phenoxy) is 1. The molecule has 4 rings (SSSR count). The standard InChI is InChI=1S/C23H24N6O2S2/c1-15(2)12-25-22(30)17-13-32-20(26-17)14-33-23-28-27-21(16-8-10-24-11-9-16)29(23)18-6-4-5-7-19(18)31-3/h4-11,13,15H,12,14H2,1-3H3,(H,25,30). The fraction of sp³-hybridized carbons (Fsp3) is 0.261. The van der Waals surface area contributed by atoms with Gasteiger partial charge in [0.2, 0.25) is 0 Å². The number of nitrogens with one attached hydrogen (secondary N) is 1. The predicted molar refractivity (Wildman–Crippen MR) is 130 cm³/mol. The highest BCUT2D eigenvalue weighted by molar-refractivity contribution is 7.98. The van der Waals surface area contributed by atoms with E-state index in [4.69, 9.17) is 4.74 Å². The van der Waals surface area contributed by atoms with Gasteiger partial charge in [-0.15, -0.1) is 21.5 Å². The van der Waals surface area contributed by atoms with Crippen LogP contribution >= 0.6 is 23.1 Å². The summed E-state index contributed by atoms with van der Waals surface area (Å²) in [6.45, 7) is 4.74. The van der Waals surface area contributed by atoms with Gasteiger partial charge in [-0.1, -0.05) is 37.7 Å². The van der Waals surface area contributed by atoms with Crippen molar-refractivity contribution in [3.05, 3.63) is 64.9 Å². The van der Waals surface area contributed by atoms with Gasteiger partial charge >= 0.3 is 0 Å². The molecule has 4 aromatic rings. The lowest BCUT2D eigenvalue weighted by molar-refractivity contribution is 0.0944. The fourth-order valence-electron chi connectivity index (χ4n) is 3.08. The first-order valence-electron chi connectivity index (χ1n) is 10.4. The van der Waals surface area contributed by atoms with Crippen molar-refractivity contribution in [2.75, 3.05) is 13.7 Å². The smallest absolute Gasteiger partial charge is 0.270 e. The van der Waals surface area contributed by atoms with E-state index in [0.717, 1.165) is 16.3 Å². The van der Waals surface area contributed by atoms with Crippen LogP contribution in [0.5, 0.6) is 5.75 Å². The van der Waals surface area contributed by atoms with E-state index in [0.29, 0.717) is 40.6 Å². The Bertz CT molecular complexity index is 1220. The second kappa shape index (κ2) is 10.6. The molecule has 0 unspecified atom stereocenters. The van der Waals surface area contributed by atoms with Crippen LogP contribution in [0, 0.1) is 5.92 Å². The Morgan fingerprint density at radius 3 is 2.73 bits per heavy atom. The first-order valence-corrected chi connectivity index (χ1v) is 12.3. The number of para-hydroxylation sites is 2. The van der Waals surface area contributed by atoms with E-state index in [-0.39, 0.29) is 5.91 Å². The Balaban J connectivity index is 1.60. The third-order valence-electron chi connectivity index (χ3n) is 4.68. The molecule has 8 nitrogen and oxygen atoms in total. The molecule has 0 radical (unpaired) electrons. The first kappa shape index (κ1) is 22.9. The Labute approximate surface area is 200 Å². The van der Waals surface area contributed by atoms with E-state index >= 15 is 0 Å². The Morgan fingerprint density at radius 1 is 1.18 bits per heavy atom. The minimum absolute atomic E-state index is 0.145. The number of methoxy groups -OCH3 is 1. The summed E-state index contributed by atoms with van der Waals surface area (Å²) in [6.07, 6.45) is 3.45. The number of thioether (sulfide) groups is 1. The third kappa shape index (κ3) is 5.40. The Morgan fingerprint density at radius 2 is 1.97 bits per heavy atom. The highest BCUT2D eigenvalue weighted by Crippen LogP contribution is 2.33. The van der Waals surface area contributed by atoms with Gasteiger partial charge in [-0.3, -0.25) is 14.3 Å². The van der Waals surface area contributed by atoms with Crippen LogP contribution in [0.15, 0.2) is 59.3 Å². The maximum atomic E-state index is 12.3. The summed E-state index contributed by atoms with van der Waals surface area (Å²) < 4.78 is 7.57. The quantitative estimate of drug-likeness (QED) is 0.353. The molecular formula is C23H24N6O2S2. The molecule has 170 valence electrons. The number of aromatic nitrogens is 5. The summed E-state index contributed by atoms with van der Waals surface area (Å²) in [4.78, 5) is 20.9. The number of hydrogen-bond acceptors (Lipinski definition) is 8. The van der Waals surface area contributed by atoms with Gasteiger partial charge < -0.3 is 10.1 Å². The molecule has 0 aliphatic carbocycles. The molecule has 1 amide bonds. The van der Waals surface area contributed by atoms with Crippen molar-refractivity contribution < 1.29 is 9.53 Å². The SMILES string of the molecule is COc1ccccc1-n1c(SCc2nc(C(=O)NCC(C)C)cs2)nnc1-c1ccncc1. The van der Waals surface area contributed by atoms with Gasteiger partial charge in [-0.2, -0.15) is 0 Å². The van der Waals surface area contributed by atoms with Gasteiger partial charge in [0.25, 0.3) is 5.91 Å². The number of amides is 1. The van der Waals surface area contributed by atoms with Crippen molar-refractivity contribution >= 4 is 29.0 Å². The average molecular weight is 481 g/mol. The van der Waals surface area contributed by atoms with Crippen molar-refractivity contribution in [3.63, 3.8) is 0 Å². The number of nitrogens with zero attached hydrogens (tertiary/aromatic N) is 5. The predicted octanol–water partition coefficient (Wildman–Crippen LogP) is 4.47. The highest BCUT2D eigenvalue weighted by Gasteiger charge is 2.20. The molecule has 0 aliphatic rings. The van der Waals surface area contributed by atoms with Crippen LogP contribution in [-0.2, 0) is 5.75 Å². The molecule has 0 aliphatic heterocycles. The molecule has 10 heteroatoms. The van der Waals surface area contributed by atoms with Crippen LogP contribution in [0.25, 0.3) is 17.1 Å². The molecule has 1 N–H and O–H groups in total. The third-order valence-corrected chi connectivity index (χ3v) is 6.65. The monoisotopic (exact) mass is 480 g/mol. The van der Waals surface area contributed by atoms with Gasteiger partial charge in [0.15, 0.2) is 11.0 Å². The van der Waals surface area contributed by atoms with Gasteiger partial charge in [0.1, 0.15) is 16.5 Å². The lowest BCUT2D eigenvalue weighted by Gasteiger charge is -2.13. The summed E-state index contributed by atoms with van der Waals surface area (Å²) >= 11 is 2.97. The zero-order valence-electron chi connectivity index (χ0n) is 18.6. The molecular weight excluding hydrogens is 456 g/mol. The number of hydrogen-bond donors (Lipinski definition) is 1. The topological polar surface area (TPSA) is 94.8 Å². The lowest BCUT2D eigenvalue weighted by atomic mass is 10.2. The van der Waals surface area contributed by atoms with Gasteiger partial charge in [0.05, 0.1) is 18.6 Å². The van der Waals surface area contributed by atoms with E-state index < -0.39 is 0 Å². The van der Waals surface area contributed by atoms with E-state index in [9.17, 15) is 4.79 Å². The summed E-state index contributed by atoms with van der Waals surface area (Å²) in [6, 6.07) is 11.5. The van der Waals surface area contributed by atoms with Gasteiger partial charge in [-0.25, -0.2) is 4.98 Å². The van der Waals surface area contributed by atoms with Crippen molar-refractivity contribution in [3.8, 4) is 22.8 Å². The zero-order valence-corrected chi connectivity index (χ0v) is 20.2. The largest absolute Gasteiger partial charge is 0.495 e. The fourth-order valence-corrected chi connectivity index (χ4v) is 4.82. The number of carbonyl (C=O) groups excluding carboxylic acids is 1. The van der Waals surface area contributed by atoms with Crippen LogP contribution in [0.1, 0.15) is 29.3 Å². The van der Waals surface area contributed by atoms with Gasteiger partial charge in [-0.05, 0) is 30.2 Å². The van der Waals surface area contributed by atoms with Crippen molar-refractivity contribution in [2.45, 2.75) is 24.8 Å². The average Bonchev–Trinajstić information content (AvgIpc) is 3.49. The molecule has 1 aromatic carbocycles. The molecule has 0 atom stereocenters. The maximum Gasteiger partial charge on any atom is 0.270 e. The van der Waals surface area contributed by atoms with E-state index in [1.165, 1.54) is 23.1 Å². The van der Waals surface area contributed by atoms with Crippen LogP contribution < -0.4 is 10.1 Å². The highest BCUT2D eigenvalue weighted by atomic mass is 32.2. The molecule has 33 heavy (non-hydrogen) atoms. The van der Waals surface area contributed by atoms with E-state index in [1.54, 1.807) is 24.9 Å². The van der Waals surface area contributed by atoms with Crippen LogP contribution in [-0.4, -0.2) is 44.3 Å². The molecule has 0 saturated carbocycles. The number of thiazole rings is 1. The minimum atomic E-state index is -0.145. The summed E-state index contributed by atoms with van der Waals surface area (Å²) in [5.74, 6) is 2.21. The van der Waals surface area contributed by atoms with E-state index in [1.807, 2.05) is 41.0 Å². The molecule has 3 heterocycles. The summed E-state index contributed by atoms with van der Waals surface area (Å²) in [7, 11) is 1.64. The number of benzene rings is 1. The normalized spacial score (nSPS) is 11.0. The van der Waals surface area contributed by atoms with Crippen molar-refractivity contribution in [1.29, 1.82) is 0 Å². The first-order chi connectivity index (χ1) is 16.1. The number of rotatable bonds is 9. The van der Waals surface area contributed by atoms with Crippen molar-refractivity contribution in [2.24, 2.45) is 5.92 Å². The van der Waals surface area contributed by atoms with Crippen molar-refractivity contribution in [1.82, 2.24) is 30.0 Å². The molecule has 0 fully saturated rings. The van der Waals surface area contributed by atoms with Crippen LogP contribution in [0.4, 0.5) is 0 Å². The van der Waals surface area contributed by atoms with E-state index in [2.05, 4.69) is 39.3 Å². The molecule has 0 saturated heterocycles. The maximum absolute atomic E-state index is 12.3. The Hall–Kier alpha value is -3.24. The minimum Gasteiger partial charge on any atom is -0.495 e. The number of carbonyl (C=O) groups is 1.